The third-order valence-electron chi connectivity index (χ3n) is 4.98. The van der Waals surface area contributed by atoms with Crippen LogP contribution in [0.25, 0.3) is 10.4 Å². The fraction of sp³-hybridized carbons (Fsp3) is 0.438. The summed E-state index contributed by atoms with van der Waals surface area (Å²) in [5, 5.41) is 20.4. The lowest BCUT2D eigenvalue weighted by Crippen LogP contribution is -2.61. The fourth-order valence-corrected chi connectivity index (χ4v) is 5.79. The standard InChI is InChI=1S/C16H17N3O4S2/c1-6-12(25-15-13(24-3)17-5-18(6)15)8-4-9-10(7(2)20)14(21)19(9)11(8)16(22)23/h5,7,9-10,20H,4H2,1-3H3,(H,22,23)/t7-,9-,10-/m1/s1. The van der Waals surface area contributed by atoms with Gasteiger partial charge in [0.05, 0.1) is 22.9 Å². The first-order valence-corrected chi connectivity index (χ1v) is 9.89. The number of fused-ring (bicyclic) bond motifs is 2. The Morgan fingerprint density at radius 3 is 2.84 bits per heavy atom. The second-order valence-corrected chi connectivity index (χ2v) is 8.12. The first-order chi connectivity index (χ1) is 11.9. The Labute approximate surface area is 152 Å². The van der Waals surface area contributed by atoms with Gasteiger partial charge in [-0.05, 0) is 26.5 Å². The van der Waals surface area contributed by atoms with Crippen molar-refractivity contribution in [3.63, 3.8) is 0 Å². The van der Waals surface area contributed by atoms with Crippen molar-refractivity contribution in [2.45, 2.75) is 37.4 Å². The number of amides is 1. The van der Waals surface area contributed by atoms with Gasteiger partial charge < -0.3 is 15.1 Å². The van der Waals surface area contributed by atoms with Crippen molar-refractivity contribution in [1.29, 1.82) is 0 Å². The van der Waals surface area contributed by atoms with Crippen molar-refractivity contribution in [2.24, 2.45) is 5.92 Å². The Bertz CT molecular complexity index is 943. The van der Waals surface area contributed by atoms with Gasteiger partial charge in [0.25, 0.3) is 0 Å². The number of aliphatic hydroxyl groups excluding tert-OH is 1. The maximum Gasteiger partial charge on any atom is 0.352 e. The molecule has 0 aromatic carbocycles. The number of nitrogens with zero attached hydrogens (tertiary/aromatic N) is 3. The van der Waals surface area contributed by atoms with Gasteiger partial charge in [-0.25, -0.2) is 9.78 Å². The number of carboxylic acids is 1. The number of rotatable bonds is 4. The molecule has 4 heterocycles. The zero-order chi connectivity index (χ0) is 18.0. The Hall–Kier alpha value is -1.84. The van der Waals surface area contributed by atoms with Crippen molar-refractivity contribution in [1.82, 2.24) is 14.3 Å². The number of thiazole rings is 1. The molecule has 7 nitrogen and oxygen atoms in total. The summed E-state index contributed by atoms with van der Waals surface area (Å²) in [5.74, 6) is -1.93. The largest absolute Gasteiger partial charge is 0.477 e. The summed E-state index contributed by atoms with van der Waals surface area (Å²) >= 11 is 3.04. The molecule has 0 saturated carbocycles. The van der Waals surface area contributed by atoms with Crippen LogP contribution >= 0.6 is 23.1 Å². The van der Waals surface area contributed by atoms with Crippen LogP contribution in [0.1, 0.15) is 23.9 Å². The molecule has 1 fully saturated rings. The van der Waals surface area contributed by atoms with E-state index < -0.39 is 18.0 Å². The van der Waals surface area contributed by atoms with Gasteiger partial charge in [-0.1, -0.05) is 0 Å². The maximum absolute atomic E-state index is 12.3. The number of carboxylic acid groups (broad SMARTS) is 1. The summed E-state index contributed by atoms with van der Waals surface area (Å²) in [6.45, 7) is 3.51. The first-order valence-electron chi connectivity index (χ1n) is 7.85. The molecule has 9 heteroatoms. The third-order valence-corrected chi connectivity index (χ3v) is 7.12. The number of carbonyl (C=O) groups is 2. The number of carbonyl (C=O) groups excluding carboxylic acids is 1. The van der Waals surface area contributed by atoms with Crippen molar-refractivity contribution < 1.29 is 19.8 Å². The summed E-state index contributed by atoms with van der Waals surface area (Å²) in [4.78, 5) is 31.7. The van der Waals surface area contributed by atoms with Crippen LogP contribution < -0.4 is 0 Å². The number of thioether (sulfide) groups is 1. The highest BCUT2D eigenvalue weighted by molar-refractivity contribution is 7.98. The highest BCUT2D eigenvalue weighted by Crippen LogP contribution is 2.49. The summed E-state index contributed by atoms with van der Waals surface area (Å²) in [7, 11) is 0. The van der Waals surface area contributed by atoms with E-state index in [2.05, 4.69) is 4.98 Å². The van der Waals surface area contributed by atoms with E-state index in [0.29, 0.717) is 12.0 Å². The van der Waals surface area contributed by atoms with Crippen LogP contribution in [0.15, 0.2) is 17.1 Å². The molecule has 3 atom stereocenters. The molecule has 0 radical (unpaired) electrons. The third kappa shape index (κ3) is 2.12. The molecule has 4 rings (SSSR count). The minimum absolute atomic E-state index is 0.0539. The van der Waals surface area contributed by atoms with Gasteiger partial charge >= 0.3 is 5.97 Å². The molecule has 2 aliphatic heterocycles. The van der Waals surface area contributed by atoms with E-state index in [1.165, 1.54) is 16.2 Å². The minimum atomic E-state index is -1.10. The van der Waals surface area contributed by atoms with Crippen LogP contribution in [-0.2, 0) is 9.59 Å². The molecule has 0 aliphatic carbocycles. The van der Waals surface area contributed by atoms with Gasteiger partial charge in [-0.15, -0.1) is 23.1 Å². The number of aliphatic hydroxyl groups is 1. The van der Waals surface area contributed by atoms with Crippen molar-refractivity contribution >= 4 is 45.4 Å². The lowest BCUT2D eigenvalue weighted by molar-refractivity contribution is -0.161. The topological polar surface area (TPSA) is 95.1 Å². The molecule has 0 unspecified atom stereocenters. The summed E-state index contributed by atoms with van der Waals surface area (Å²) in [6.07, 6.45) is 3.36. The van der Waals surface area contributed by atoms with Gasteiger partial charge in [-0.3, -0.25) is 9.20 Å². The number of hydrogen-bond donors (Lipinski definition) is 2. The summed E-state index contributed by atoms with van der Waals surface area (Å²) in [5.41, 5.74) is 1.65. The van der Waals surface area contributed by atoms with Crippen molar-refractivity contribution in [2.75, 3.05) is 6.26 Å². The molecule has 1 saturated heterocycles. The van der Waals surface area contributed by atoms with Crippen LogP contribution in [0.5, 0.6) is 0 Å². The molecule has 2 N–H and O–H groups in total. The average Bonchev–Trinajstić information content (AvgIpc) is 3.18. The van der Waals surface area contributed by atoms with E-state index in [0.717, 1.165) is 20.4 Å². The molecule has 132 valence electrons. The predicted molar refractivity (Wildman–Crippen MR) is 94.6 cm³/mol. The lowest BCUT2D eigenvalue weighted by atomic mass is 9.83. The highest BCUT2D eigenvalue weighted by Gasteiger charge is 2.57. The number of aliphatic carboxylic acids is 1. The van der Waals surface area contributed by atoms with Gasteiger partial charge in [0, 0.05) is 11.3 Å². The van der Waals surface area contributed by atoms with E-state index in [1.807, 2.05) is 17.6 Å². The number of hydrogen-bond acceptors (Lipinski definition) is 6. The van der Waals surface area contributed by atoms with Crippen LogP contribution in [0.4, 0.5) is 0 Å². The molecule has 2 aliphatic rings. The van der Waals surface area contributed by atoms with Gasteiger partial charge in [-0.2, -0.15) is 0 Å². The van der Waals surface area contributed by atoms with Gasteiger partial charge in [0.15, 0.2) is 0 Å². The molecule has 2 aromatic rings. The van der Waals surface area contributed by atoms with E-state index in [9.17, 15) is 19.8 Å². The monoisotopic (exact) mass is 379 g/mol. The summed E-state index contributed by atoms with van der Waals surface area (Å²) < 4.78 is 1.96. The minimum Gasteiger partial charge on any atom is -0.477 e. The SMILES string of the molecule is CSc1ncn2c(C)c(C3=C(C(=O)O)N4C(=O)[C@H]([C@@H](C)O)[C@H]4C3)sc12. The Morgan fingerprint density at radius 1 is 1.52 bits per heavy atom. The van der Waals surface area contributed by atoms with E-state index in [-0.39, 0.29) is 17.6 Å². The lowest BCUT2D eigenvalue weighted by Gasteiger charge is -2.44. The van der Waals surface area contributed by atoms with Crippen molar-refractivity contribution in [3.05, 3.63) is 22.6 Å². The van der Waals surface area contributed by atoms with E-state index in [4.69, 9.17) is 0 Å². The molecular formula is C16H17N3O4S2. The molecule has 0 spiro atoms. The van der Waals surface area contributed by atoms with Crippen LogP contribution in [0, 0.1) is 12.8 Å². The van der Waals surface area contributed by atoms with Crippen molar-refractivity contribution in [3.8, 4) is 0 Å². The van der Waals surface area contributed by atoms with E-state index in [1.54, 1.807) is 25.0 Å². The Kier molecular flexibility index (Phi) is 3.71. The normalized spacial score (nSPS) is 24.0. The number of β-lactam (4-membered cyclic amide) rings is 1. The maximum atomic E-state index is 12.3. The number of aromatic nitrogens is 2. The van der Waals surface area contributed by atoms with Crippen LogP contribution in [0.3, 0.4) is 0 Å². The second kappa shape index (κ2) is 5.58. The van der Waals surface area contributed by atoms with Gasteiger partial charge in [0.2, 0.25) is 5.91 Å². The highest BCUT2D eigenvalue weighted by atomic mass is 32.2. The quantitative estimate of drug-likeness (QED) is 0.622. The molecule has 25 heavy (non-hydrogen) atoms. The first kappa shape index (κ1) is 16.6. The molecular weight excluding hydrogens is 362 g/mol. The molecule has 1 amide bonds. The Morgan fingerprint density at radius 2 is 2.24 bits per heavy atom. The smallest absolute Gasteiger partial charge is 0.352 e. The number of aryl methyl sites for hydroxylation is 1. The Balaban J connectivity index is 1.85. The average molecular weight is 379 g/mol. The fourth-order valence-electron chi connectivity index (χ4n) is 3.83. The number of imidazole rings is 1. The van der Waals surface area contributed by atoms with Gasteiger partial charge in [0.1, 0.15) is 21.9 Å². The summed E-state index contributed by atoms with van der Waals surface area (Å²) in [6, 6.07) is -0.271. The van der Waals surface area contributed by atoms with Crippen LogP contribution in [0.2, 0.25) is 0 Å². The zero-order valence-corrected chi connectivity index (χ0v) is 15.5. The zero-order valence-electron chi connectivity index (χ0n) is 13.9. The van der Waals surface area contributed by atoms with Crippen LogP contribution in [-0.4, -0.2) is 54.8 Å². The molecule has 2 aromatic heterocycles. The molecule has 0 bridgehead atoms. The van der Waals surface area contributed by atoms with E-state index >= 15 is 0 Å². The predicted octanol–water partition coefficient (Wildman–Crippen LogP) is 1.83. The second-order valence-electron chi connectivity index (χ2n) is 6.32.